The highest BCUT2D eigenvalue weighted by Gasteiger charge is 2.39. The van der Waals surface area contributed by atoms with E-state index in [0.29, 0.717) is 13.1 Å². The molecule has 2 aromatic carbocycles. The molecular formula is C23H30N2O2. The number of amides is 2. The first-order valence-corrected chi connectivity index (χ1v) is 9.41. The Morgan fingerprint density at radius 1 is 1.00 bits per heavy atom. The lowest BCUT2D eigenvalue weighted by atomic mass is 9.89. The van der Waals surface area contributed by atoms with Crippen LogP contribution < -0.4 is 5.32 Å². The molecule has 144 valence electrons. The lowest BCUT2D eigenvalue weighted by Gasteiger charge is -2.34. The minimum atomic E-state index is -1.14. The molecule has 0 bridgehead atoms. The molecule has 0 saturated carbocycles. The molecule has 0 spiro atoms. The Labute approximate surface area is 162 Å². The molecule has 2 rings (SSSR count). The predicted octanol–water partition coefficient (Wildman–Crippen LogP) is 4.07. The highest BCUT2D eigenvalue weighted by molar-refractivity contribution is 6.04. The molecule has 4 nitrogen and oxygen atoms in total. The van der Waals surface area contributed by atoms with Gasteiger partial charge in [0.05, 0.1) is 0 Å². The van der Waals surface area contributed by atoms with Crippen molar-refractivity contribution >= 4 is 11.8 Å². The van der Waals surface area contributed by atoms with Crippen LogP contribution in [0.2, 0.25) is 0 Å². The standard InChI is InChI=1S/C23H30N2O2/c1-17(2)25(16-19-12-7-6-8-13-19)22(27)23(4,5)21(26)24-15-20-14-10-9-11-18(20)3/h6-14,17H,15-16H2,1-5H3,(H,24,26). The first-order valence-electron chi connectivity index (χ1n) is 9.41. The zero-order valence-electron chi connectivity index (χ0n) is 17.0. The van der Waals surface area contributed by atoms with Gasteiger partial charge in [0.15, 0.2) is 0 Å². The van der Waals surface area contributed by atoms with Gasteiger partial charge in [-0.3, -0.25) is 9.59 Å². The lowest BCUT2D eigenvalue weighted by molar-refractivity contribution is -0.150. The fourth-order valence-electron chi connectivity index (χ4n) is 2.93. The predicted molar refractivity (Wildman–Crippen MR) is 109 cm³/mol. The van der Waals surface area contributed by atoms with Crippen LogP contribution in [0.15, 0.2) is 54.6 Å². The first kappa shape index (κ1) is 20.7. The van der Waals surface area contributed by atoms with Gasteiger partial charge in [0, 0.05) is 19.1 Å². The molecular weight excluding hydrogens is 336 g/mol. The average molecular weight is 367 g/mol. The van der Waals surface area contributed by atoms with Crippen LogP contribution in [-0.2, 0) is 22.7 Å². The van der Waals surface area contributed by atoms with Crippen LogP contribution in [0.25, 0.3) is 0 Å². The molecule has 0 fully saturated rings. The topological polar surface area (TPSA) is 49.4 Å². The zero-order chi connectivity index (χ0) is 20.0. The van der Waals surface area contributed by atoms with Crippen molar-refractivity contribution < 1.29 is 9.59 Å². The van der Waals surface area contributed by atoms with E-state index in [4.69, 9.17) is 0 Å². The number of nitrogens with one attached hydrogen (secondary N) is 1. The van der Waals surface area contributed by atoms with Crippen molar-refractivity contribution in [2.75, 3.05) is 0 Å². The Hall–Kier alpha value is -2.62. The Balaban J connectivity index is 2.10. The molecule has 0 aliphatic heterocycles. The maximum atomic E-state index is 13.2. The van der Waals surface area contributed by atoms with Crippen molar-refractivity contribution in [1.29, 1.82) is 0 Å². The first-order chi connectivity index (χ1) is 12.7. The van der Waals surface area contributed by atoms with Crippen LogP contribution in [0.3, 0.4) is 0 Å². The molecule has 0 radical (unpaired) electrons. The van der Waals surface area contributed by atoms with Crippen molar-refractivity contribution in [3.8, 4) is 0 Å². The zero-order valence-corrected chi connectivity index (χ0v) is 17.0. The van der Waals surface area contributed by atoms with Crippen molar-refractivity contribution in [3.63, 3.8) is 0 Å². The largest absolute Gasteiger partial charge is 0.351 e. The summed E-state index contributed by atoms with van der Waals surface area (Å²) >= 11 is 0. The summed E-state index contributed by atoms with van der Waals surface area (Å²) in [5, 5.41) is 2.93. The van der Waals surface area contributed by atoms with E-state index in [1.165, 1.54) is 0 Å². The summed E-state index contributed by atoms with van der Waals surface area (Å²) in [5.41, 5.74) is 2.09. The van der Waals surface area contributed by atoms with Crippen molar-refractivity contribution in [2.24, 2.45) is 5.41 Å². The summed E-state index contributed by atoms with van der Waals surface area (Å²) in [6.07, 6.45) is 0. The summed E-state index contributed by atoms with van der Waals surface area (Å²) < 4.78 is 0. The highest BCUT2D eigenvalue weighted by Crippen LogP contribution is 2.23. The highest BCUT2D eigenvalue weighted by atomic mass is 16.2. The second-order valence-electron chi connectivity index (χ2n) is 7.75. The summed E-state index contributed by atoms with van der Waals surface area (Å²) in [7, 11) is 0. The fourth-order valence-corrected chi connectivity index (χ4v) is 2.93. The lowest BCUT2D eigenvalue weighted by Crippen LogP contribution is -2.51. The third-order valence-corrected chi connectivity index (χ3v) is 4.88. The molecule has 0 aromatic heterocycles. The van der Waals surface area contributed by atoms with Crippen LogP contribution in [0, 0.1) is 12.3 Å². The summed E-state index contributed by atoms with van der Waals surface area (Å²) in [4.78, 5) is 27.8. The number of benzene rings is 2. The third kappa shape index (κ3) is 5.19. The van der Waals surface area contributed by atoms with Crippen LogP contribution in [-0.4, -0.2) is 22.8 Å². The fraction of sp³-hybridized carbons (Fsp3) is 0.391. The van der Waals surface area contributed by atoms with E-state index >= 15 is 0 Å². The number of carbonyl (C=O) groups is 2. The smallest absolute Gasteiger partial charge is 0.238 e. The maximum Gasteiger partial charge on any atom is 0.238 e. The quantitative estimate of drug-likeness (QED) is 0.751. The van der Waals surface area contributed by atoms with Crippen molar-refractivity contribution in [1.82, 2.24) is 10.2 Å². The molecule has 4 heteroatoms. The molecule has 0 aliphatic rings. The van der Waals surface area contributed by atoms with E-state index in [-0.39, 0.29) is 17.9 Å². The SMILES string of the molecule is Cc1ccccc1CNC(=O)C(C)(C)C(=O)N(Cc1ccccc1)C(C)C. The molecule has 2 aromatic rings. The van der Waals surface area contributed by atoms with Gasteiger partial charge >= 0.3 is 0 Å². The molecule has 0 saturated heterocycles. The minimum Gasteiger partial charge on any atom is -0.351 e. The summed E-state index contributed by atoms with van der Waals surface area (Å²) in [5.74, 6) is -0.418. The Kier molecular flexibility index (Phi) is 6.78. The maximum absolute atomic E-state index is 13.2. The van der Waals surface area contributed by atoms with Gasteiger partial charge in [-0.15, -0.1) is 0 Å². The number of carbonyl (C=O) groups excluding carboxylic acids is 2. The monoisotopic (exact) mass is 366 g/mol. The van der Waals surface area contributed by atoms with Gasteiger partial charge in [-0.25, -0.2) is 0 Å². The molecule has 0 atom stereocenters. The van der Waals surface area contributed by atoms with Crippen LogP contribution in [0.5, 0.6) is 0 Å². The minimum absolute atomic E-state index is 0.00106. The third-order valence-electron chi connectivity index (χ3n) is 4.88. The van der Waals surface area contributed by atoms with Crippen molar-refractivity contribution in [2.45, 2.75) is 53.8 Å². The Morgan fingerprint density at radius 2 is 1.59 bits per heavy atom. The molecule has 0 heterocycles. The number of hydrogen-bond acceptors (Lipinski definition) is 2. The Morgan fingerprint density at radius 3 is 2.19 bits per heavy atom. The summed E-state index contributed by atoms with van der Waals surface area (Å²) in [6, 6.07) is 17.8. The Bertz CT molecular complexity index is 782. The summed E-state index contributed by atoms with van der Waals surface area (Å²) in [6.45, 7) is 10.3. The van der Waals surface area contributed by atoms with E-state index in [9.17, 15) is 9.59 Å². The normalized spacial score (nSPS) is 11.3. The number of rotatable bonds is 7. The van der Waals surface area contributed by atoms with Crippen LogP contribution in [0.4, 0.5) is 0 Å². The van der Waals surface area contributed by atoms with Gasteiger partial charge in [-0.05, 0) is 51.3 Å². The second kappa shape index (κ2) is 8.85. The molecule has 1 N–H and O–H groups in total. The van der Waals surface area contributed by atoms with E-state index < -0.39 is 5.41 Å². The number of hydrogen-bond donors (Lipinski definition) is 1. The van der Waals surface area contributed by atoms with E-state index in [2.05, 4.69) is 5.32 Å². The van der Waals surface area contributed by atoms with Crippen LogP contribution >= 0.6 is 0 Å². The van der Waals surface area contributed by atoms with Gasteiger partial charge in [-0.2, -0.15) is 0 Å². The van der Waals surface area contributed by atoms with Gasteiger partial charge in [0.2, 0.25) is 11.8 Å². The molecule has 0 unspecified atom stereocenters. The van der Waals surface area contributed by atoms with Crippen LogP contribution in [0.1, 0.15) is 44.4 Å². The van der Waals surface area contributed by atoms with E-state index in [0.717, 1.165) is 16.7 Å². The van der Waals surface area contributed by atoms with Crippen molar-refractivity contribution in [3.05, 3.63) is 71.3 Å². The van der Waals surface area contributed by atoms with Gasteiger partial charge < -0.3 is 10.2 Å². The average Bonchev–Trinajstić information content (AvgIpc) is 2.65. The van der Waals surface area contributed by atoms with Gasteiger partial charge in [0.25, 0.3) is 0 Å². The number of aryl methyl sites for hydroxylation is 1. The molecule has 0 aliphatic carbocycles. The number of nitrogens with zero attached hydrogens (tertiary/aromatic N) is 1. The molecule has 27 heavy (non-hydrogen) atoms. The second-order valence-corrected chi connectivity index (χ2v) is 7.75. The van der Waals surface area contributed by atoms with E-state index in [1.807, 2.05) is 75.4 Å². The molecule has 2 amide bonds. The van der Waals surface area contributed by atoms with Gasteiger partial charge in [-0.1, -0.05) is 54.6 Å². The van der Waals surface area contributed by atoms with Gasteiger partial charge in [0.1, 0.15) is 5.41 Å². The van der Waals surface area contributed by atoms with E-state index in [1.54, 1.807) is 18.7 Å².